The molecule has 4 rings (SSSR count). The average molecular weight is 337 g/mol. The Labute approximate surface area is 146 Å². The van der Waals surface area contributed by atoms with Gasteiger partial charge in [-0.05, 0) is 35.4 Å². The lowest BCUT2D eigenvalue weighted by atomic mass is 10.1. The second-order valence-electron chi connectivity index (χ2n) is 6.30. The summed E-state index contributed by atoms with van der Waals surface area (Å²) in [6, 6.07) is 9.28. The number of hydrogen-bond acceptors (Lipinski definition) is 4. The number of carbonyl (C=O) groups excluding carboxylic acids is 2. The first-order valence-electron chi connectivity index (χ1n) is 8.40. The predicted octanol–water partition coefficient (Wildman–Crippen LogP) is 1.71. The van der Waals surface area contributed by atoms with E-state index in [1.165, 1.54) is 0 Å². The van der Waals surface area contributed by atoms with E-state index in [1.54, 1.807) is 29.4 Å². The molecule has 0 unspecified atom stereocenters. The van der Waals surface area contributed by atoms with Crippen molar-refractivity contribution < 1.29 is 14.3 Å². The van der Waals surface area contributed by atoms with Gasteiger partial charge in [-0.15, -0.1) is 0 Å². The molecule has 2 aliphatic heterocycles. The van der Waals surface area contributed by atoms with Gasteiger partial charge in [0.25, 0.3) is 11.8 Å². The van der Waals surface area contributed by atoms with Crippen LogP contribution in [0.3, 0.4) is 0 Å². The lowest BCUT2D eigenvalue weighted by Crippen LogP contribution is -2.50. The Bertz CT molecular complexity index is 799. The summed E-state index contributed by atoms with van der Waals surface area (Å²) < 4.78 is 5.40. The number of pyridine rings is 1. The fourth-order valence-electron chi connectivity index (χ4n) is 3.27. The van der Waals surface area contributed by atoms with Gasteiger partial charge in [-0.3, -0.25) is 14.6 Å². The zero-order chi connectivity index (χ0) is 17.2. The number of fused-ring (bicyclic) bond motifs is 1. The van der Waals surface area contributed by atoms with Crippen LogP contribution < -0.4 is 0 Å². The normalized spacial score (nSPS) is 16.6. The quantitative estimate of drug-likeness (QED) is 0.837. The van der Waals surface area contributed by atoms with Crippen LogP contribution >= 0.6 is 0 Å². The summed E-state index contributed by atoms with van der Waals surface area (Å²) in [5, 5.41) is 0. The largest absolute Gasteiger partial charge is 0.372 e. The van der Waals surface area contributed by atoms with E-state index in [-0.39, 0.29) is 11.8 Å². The number of ether oxygens (including phenoxy) is 1. The number of hydrogen-bond donors (Lipinski definition) is 0. The average Bonchev–Trinajstić information content (AvgIpc) is 3.15. The van der Waals surface area contributed by atoms with Crippen molar-refractivity contribution in [2.45, 2.75) is 13.2 Å². The lowest BCUT2D eigenvalue weighted by Gasteiger charge is -2.34. The Morgan fingerprint density at radius 1 is 0.880 bits per heavy atom. The maximum Gasteiger partial charge on any atom is 0.255 e. The SMILES string of the molecule is O=C(c1cccnc1)N1CCN(C(=O)c2ccc3c(c2)COC3)CC1. The van der Waals surface area contributed by atoms with E-state index in [0.717, 1.165) is 11.1 Å². The maximum atomic E-state index is 12.7. The van der Waals surface area contributed by atoms with E-state index in [0.29, 0.717) is 50.5 Å². The number of amides is 2. The van der Waals surface area contributed by atoms with Gasteiger partial charge < -0.3 is 14.5 Å². The highest BCUT2D eigenvalue weighted by Gasteiger charge is 2.26. The van der Waals surface area contributed by atoms with Gasteiger partial charge in [0.05, 0.1) is 18.8 Å². The van der Waals surface area contributed by atoms with E-state index in [4.69, 9.17) is 4.74 Å². The molecule has 2 amide bonds. The third kappa shape index (κ3) is 3.13. The first-order valence-corrected chi connectivity index (χ1v) is 8.40. The topological polar surface area (TPSA) is 62.7 Å². The van der Waals surface area contributed by atoms with Crippen LogP contribution in [0, 0.1) is 0 Å². The molecule has 1 aromatic heterocycles. The Morgan fingerprint density at radius 2 is 1.56 bits per heavy atom. The molecule has 0 N–H and O–H groups in total. The van der Waals surface area contributed by atoms with Crippen molar-refractivity contribution in [2.75, 3.05) is 26.2 Å². The third-order valence-electron chi connectivity index (χ3n) is 4.73. The summed E-state index contributed by atoms with van der Waals surface area (Å²) in [7, 11) is 0. The van der Waals surface area contributed by atoms with Gasteiger partial charge in [0.2, 0.25) is 0 Å². The van der Waals surface area contributed by atoms with Crippen molar-refractivity contribution in [3.8, 4) is 0 Å². The van der Waals surface area contributed by atoms with Crippen LogP contribution in [0.4, 0.5) is 0 Å². The predicted molar refractivity (Wildman–Crippen MR) is 91.0 cm³/mol. The summed E-state index contributed by atoms with van der Waals surface area (Å²) in [4.78, 5) is 32.7. The molecule has 25 heavy (non-hydrogen) atoms. The van der Waals surface area contributed by atoms with E-state index < -0.39 is 0 Å². The summed E-state index contributed by atoms with van der Waals surface area (Å²) >= 11 is 0. The highest BCUT2D eigenvalue weighted by Crippen LogP contribution is 2.22. The molecule has 3 heterocycles. The van der Waals surface area contributed by atoms with Gasteiger partial charge in [-0.1, -0.05) is 6.07 Å². The van der Waals surface area contributed by atoms with Crippen molar-refractivity contribution in [1.82, 2.24) is 14.8 Å². The molecular formula is C19H19N3O3. The number of carbonyl (C=O) groups is 2. The molecule has 0 spiro atoms. The highest BCUT2D eigenvalue weighted by molar-refractivity contribution is 5.96. The van der Waals surface area contributed by atoms with Crippen LogP contribution in [0.5, 0.6) is 0 Å². The minimum absolute atomic E-state index is 0.0168. The van der Waals surface area contributed by atoms with E-state index in [1.807, 2.05) is 23.1 Å². The van der Waals surface area contributed by atoms with Gasteiger partial charge in [0.15, 0.2) is 0 Å². The minimum Gasteiger partial charge on any atom is -0.372 e. The number of nitrogens with zero attached hydrogens (tertiary/aromatic N) is 3. The van der Waals surface area contributed by atoms with Crippen LogP contribution in [-0.4, -0.2) is 52.8 Å². The molecule has 0 bridgehead atoms. The maximum absolute atomic E-state index is 12.7. The third-order valence-corrected chi connectivity index (χ3v) is 4.73. The standard InChI is InChI=1S/C19H19N3O3/c23-18(14-3-4-16-12-25-13-17(16)10-14)21-6-8-22(9-7-21)19(24)15-2-1-5-20-11-15/h1-5,10-11H,6-9,12-13H2. The molecule has 0 radical (unpaired) electrons. The van der Waals surface area contributed by atoms with E-state index in [2.05, 4.69) is 4.98 Å². The molecule has 0 saturated carbocycles. The van der Waals surface area contributed by atoms with E-state index in [9.17, 15) is 9.59 Å². The van der Waals surface area contributed by atoms with Crippen molar-refractivity contribution in [2.24, 2.45) is 0 Å². The van der Waals surface area contributed by atoms with Gasteiger partial charge in [0, 0.05) is 44.1 Å². The summed E-state index contributed by atoms with van der Waals surface area (Å²) in [5.41, 5.74) is 3.52. The highest BCUT2D eigenvalue weighted by atomic mass is 16.5. The molecule has 0 aliphatic carbocycles. The summed E-state index contributed by atoms with van der Waals surface area (Å²) in [5.74, 6) is -0.0157. The van der Waals surface area contributed by atoms with Crippen LogP contribution in [0.1, 0.15) is 31.8 Å². The van der Waals surface area contributed by atoms with Crippen LogP contribution in [-0.2, 0) is 18.0 Å². The number of aromatic nitrogens is 1. The molecule has 128 valence electrons. The molecule has 1 fully saturated rings. The molecule has 0 atom stereocenters. The minimum atomic E-state index is -0.0325. The van der Waals surface area contributed by atoms with Crippen molar-refractivity contribution in [1.29, 1.82) is 0 Å². The summed E-state index contributed by atoms with van der Waals surface area (Å²) in [6.45, 7) is 3.35. The second kappa shape index (κ2) is 6.64. The van der Waals surface area contributed by atoms with Gasteiger partial charge in [-0.2, -0.15) is 0 Å². The first-order chi connectivity index (χ1) is 12.2. The Balaban J connectivity index is 1.40. The molecule has 1 aromatic carbocycles. The van der Waals surface area contributed by atoms with Crippen molar-refractivity contribution in [3.05, 3.63) is 65.0 Å². The van der Waals surface area contributed by atoms with Crippen LogP contribution in [0.15, 0.2) is 42.7 Å². The Hall–Kier alpha value is -2.73. The van der Waals surface area contributed by atoms with Crippen molar-refractivity contribution in [3.63, 3.8) is 0 Å². The van der Waals surface area contributed by atoms with Gasteiger partial charge in [-0.25, -0.2) is 0 Å². The number of benzene rings is 1. The zero-order valence-corrected chi connectivity index (χ0v) is 13.9. The zero-order valence-electron chi connectivity index (χ0n) is 13.9. The summed E-state index contributed by atoms with van der Waals surface area (Å²) in [6.07, 6.45) is 3.22. The number of piperazine rings is 1. The smallest absolute Gasteiger partial charge is 0.255 e. The fourth-order valence-corrected chi connectivity index (χ4v) is 3.27. The molecule has 1 saturated heterocycles. The second-order valence-corrected chi connectivity index (χ2v) is 6.30. The molecular weight excluding hydrogens is 318 g/mol. The Kier molecular flexibility index (Phi) is 4.19. The molecule has 6 heteroatoms. The van der Waals surface area contributed by atoms with E-state index >= 15 is 0 Å². The molecule has 2 aromatic rings. The van der Waals surface area contributed by atoms with Crippen LogP contribution in [0.2, 0.25) is 0 Å². The molecule has 2 aliphatic rings. The molecule has 6 nitrogen and oxygen atoms in total. The van der Waals surface area contributed by atoms with Crippen LogP contribution in [0.25, 0.3) is 0 Å². The van der Waals surface area contributed by atoms with Gasteiger partial charge in [0.1, 0.15) is 0 Å². The lowest BCUT2D eigenvalue weighted by molar-refractivity contribution is 0.0535. The Morgan fingerprint density at radius 3 is 2.24 bits per heavy atom. The monoisotopic (exact) mass is 337 g/mol. The fraction of sp³-hybridized carbons (Fsp3) is 0.316. The first kappa shape index (κ1) is 15.8. The van der Waals surface area contributed by atoms with Crippen molar-refractivity contribution >= 4 is 11.8 Å². The van der Waals surface area contributed by atoms with Gasteiger partial charge >= 0.3 is 0 Å². The number of rotatable bonds is 2.